The zero-order valence-corrected chi connectivity index (χ0v) is 11.4. The summed E-state index contributed by atoms with van der Waals surface area (Å²) >= 11 is 1.81. The predicted molar refractivity (Wildman–Crippen MR) is 79.9 cm³/mol. The Morgan fingerprint density at radius 1 is 1.37 bits per heavy atom. The lowest BCUT2D eigenvalue weighted by molar-refractivity contribution is -0.383. The maximum absolute atomic E-state index is 11.0. The maximum Gasteiger partial charge on any atom is 0.277 e. The standard InChI is InChI=1S/C13H15N3O2S/c1-19-8-2-6-15-12-3-4-13(16(17)18)10-5-7-14-9-11(10)12/h3-5,7,9,15H,2,6,8H2,1H3. The number of nitro benzene ring substituents is 1. The van der Waals surface area contributed by atoms with Crippen molar-refractivity contribution in [1.29, 1.82) is 0 Å². The molecule has 100 valence electrons. The van der Waals surface area contributed by atoms with Crippen LogP contribution < -0.4 is 5.32 Å². The van der Waals surface area contributed by atoms with Gasteiger partial charge in [0.25, 0.3) is 5.69 Å². The lowest BCUT2D eigenvalue weighted by atomic mass is 10.1. The molecule has 1 heterocycles. The molecule has 1 aromatic heterocycles. The van der Waals surface area contributed by atoms with Crippen molar-refractivity contribution in [3.63, 3.8) is 0 Å². The van der Waals surface area contributed by atoms with Crippen molar-refractivity contribution in [2.75, 3.05) is 23.9 Å². The normalized spacial score (nSPS) is 10.6. The number of thioether (sulfide) groups is 1. The molecule has 19 heavy (non-hydrogen) atoms. The van der Waals surface area contributed by atoms with Gasteiger partial charge in [-0.3, -0.25) is 15.1 Å². The fraction of sp³-hybridized carbons (Fsp3) is 0.308. The summed E-state index contributed by atoms with van der Waals surface area (Å²) in [5.74, 6) is 1.09. The van der Waals surface area contributed by atoms with E-state index in [1.54, 1.807) is 42.4 Å². The number of fused-ring (bicyclic) bond motifs is 1. The molecule has 2 aromatic rings. The number of anilines is 1. The monoisotopic (exact) mass is 277 g/mol. The van der Waals surface area contributed by atoms with Gasteiger partial charge in [0, 0.05) is 36.1 Å². The van der Waals surface area contributed by atoms with Crippen LogP contribution in [0.15, 0.2) is 30.6 Å². The molecule has 0 unspecified atom stereocenters. The first-order chi connectivity index (χ1) is 9.24. The van der Waals surface area contributed by atoms with Crippen LogP contribution >= 0.6 is 11.8 Å². The summed E-state index contributed by atoms with van der Waals surface area (Å²) in [5, 5.41) is 15.7. The third-order valence-corrected chi connectivity index (χ3v) is 3.53. The van der Waals surface area contributed by atoms with Gasteiger partial charge < -0.3 is 5.32 Å². The Kier molecular flexibility index (Phi) is 4.57. The lowest BCUT2D eigenvalue weighted by Crippen LogP contribution is -2.03. The van der Waals surface area contributed by atoms with Crippen molar-refractivity contribution in [2.45, 2.75) is 6.42 Å². The number of nitrogens with zero attached hydrogens (tertiary/aromatic N) is 2. The molecule has 2 rings (SSSR count). The molecule has 0 saturated heterocycles. The van der Waals surface area contributed by atoms with E-state index in [0.29, 0.717) is 5.39 Å². The summed E-state index contributed by atoms with van der Waals surface area (Å²) in [7, 11) is 0. The predicted octanol–water partition coefficient (Wildman–Crippen LogP) is 3.31. The number of benzene rings is 1. The lowest BCUT2D eigenvalue weighted by Gasteiger charge is -2.09. The quantitative estimate of drug-likeness (QED) is 0.498. The van der Waals surface area contributed by atoms with Gasteiger partial charge in [0.1, 0.15) is 0 Å². The van der Waals surface area contributed by atoms with Crippen LogP contribution in [0.25, 0.3) is 10.8 Å². The highest BCUT2D eigenvalue weighted by Gasteiger charge is 2.13. The maximum atomic E-state index is 11.0. The van der Waals surface area contributed by atoms with E-state index in [1.807, 2.05) is 0 Å². The molecule has 0 spiro atoms. The van der Waals surface area contributed by atoms with E-state index in [1.165, 1.54) is 0 Å². The first-order valence-electron chi connectivity index (χ1n) is 5.98. The van der Waals surface area contributed by atoms with Crippen molar-refractivity contribution >= 4 is 33.9 Å². The second kappa shape index (κ2) is 6.38. The molecule has 0 amide bonds. The minimum absolute atomic E-state index is 0.118. The molecule has 0 aliphatic rings. The average Bonchev–Trinajstić information content (AvgIpc) is 2.43. The number of pyridine rings is 1. The Morgan fingerprint density at radius 2 is 2.21 bits per heavy atom. The molecule has 0 bridgehead atoms. The van der Waals surface area contributed by atoms with Crippen LogP contribution in [0.5, 0.6) is 0 Å². The van der Waals surface area contributed by atoms with Gasteiger partial charge in [-0.2, -0.15) is 11.8 Å². The largest absolute Gasteiger partial charge is 0.384 e. The topological polar surface area (TPSA) is 68.1 Å². The van der Waals surface area contributed by atoms with Crippen LogP contribution in [-0.4, -0.2) is 28.5 Å². The SMILES string of the molecule is CSCCCNc1ccc([N+](=O)[O-])c2ccncc12. The van der Waals surface area contributed by atoms with Crippen LogP contribution in [0.4, 0.5) is 11.4 Å². The van der Waals surface area contributed by atoms with Crippen LogP contribution in [0.3, 0.4) is 0 Å². The summed E-state index contributed by atoms with van der Waals surface area (Å²) in [6.45, 7) is 0.850. The van der Waals surface area contributed by atoms with Gasteiger partial charge in [0.05, 0.1) is 10.3 Å². The molecule has 0 aliphatic carbocycles. The number of nitro groups is 1. The number of non-ortho nitro benzene ring substituents is 1. The van der Waals surface area contributed by atoms with E-state index >= 15 is 0 Å². The number of hydrogen-bond donors (Lipinski definition) is 1. The van der Waals surface area contributed by atoms with Crippen LogP contribution in [-0.2, 0) is 0 Å². The van der Waals surface area contributed by atoms with Crippen LogP contribution in [0.2, 0.25) is 0 Å². The second-order valence-electron chi connectivity index (χ2n) is 4.08. The fourth-order valence-corrected chi connectivity index (χ4v) is 2.36. The van der Waals surface area contributed by atoms with Gasteiger partial charge >= 0.3 is 0 Å². The smallest absolute Gasteiger partial charge is 0.277 e. The summed E-state index contributed by atoms with van der Waals surface area (Å²) in [6.07, 6.45) is 6.37. The highest BCUT2D eigenvalue weighted by atomic mass is 32.2. The van der Waals surface area contributed by atoms with Crippen molar-refractivity contribution in [3.8, 4) is 0 Å². The average molecular weight is 277 g/mol. The molecule has 0 saturated carbocycles. The molecule has 5 nitrogen and oxygen atoms in total. The molecular formula is C13H15N3O2S. The van der Waals surface area contributed by atoms with Gasteiger partial charge in [-0.05, 0) is 30.6 Å². The van der Waals surface area contributed by atoms with Crippen molar-refractivity contribution in [3.05, 3.63) is 40.7 Å². The second-order valence-corrected chi connectivity index (χ2v) is 5.07. The van der Waals surface area contributed by atoms with Gasteiger partial charge in [-0.15, -0.1) is 0 Å². The molecule has 0 aliphatic heterocycles. The zero-order valence-electron chi connectivity index (χ0n) is 10.6. The van der Waals surface area contributed by atoms with E-state index in [4.69, 9.17) is 0 Å². The number of rotatable bonds is 6. The van der Waals surface area contributed by atoms with Crippen LogP contribution in [0, 0.1) is 10.1 Å². The Balaban J connectivity index is 2.30. The molecule has 1 N–H and O–H groups in total. The van der Waals surface area contributed by atoms with Gasteiger partial charge in [-0.25, -0.2) is 0 Å². The number of hydrogen-bond acceptors (Lipinski definition) is 5. The van der Waals surface area contributed by atoms with Gasteiger partial charge in [0.15, 0.2) is 0 Å². The van der Waals surface area contributed by atoms with E-state index in [0.717, 1.165) is 29.8 Å². The summed E-state index contributed by atoms with van der Waals surface area (Å²) in [6, 6.07) is 4.97. The Bertz CT molecular complexity index is 589. The van der Waals surface area contributed by atoms with Crippen molar-refractivity contribution in [2.24, 2.45) is 0 Å². The van der Waals surface area contributed by atoms with Crippen LogP contribution in [0.1, 0.15) is 6.42 Å². The molecular weight excluding hydrogens is 262 g/mol. The first kappa shape index (κ1) is 13.6. The molecule has 0 atom stereocenters. The van der Waals surface area contributed by atoms with E-state index in [2.05, 4.69) is 16.6 Å². The highest BCUT2D eigenvalue weighted by molar-refractivity contribution is 7.98. The molecule has 6 heteroatoms. The minimum Gasteiger partial charge on any atom is -0.384 e. The Hall–Kier alpha value is -1.82. The van der Waals surface area contributed by atoms with Gasteiger partial charge in [0.2, 0.25) is 0 Å². The summed E-state index contributed by atoms with van der Waals surface area (Å²) in [5.41, 5.74) is 1.02. The third-order valence-electron chi connectivity index (χ3n) is 2.83. The highest BCUT2D eigenvalue weighted by Crippen LogP contribution is 2.30. The van der Waals surface area contributed by atoms with E-state index in [9.17, 15) is 10.1 Å². The molecule has 0 fully saturated rings. The Labute approximate surface area is 115 Å². The van der Waals surface area contributed by atoms with E-state index < -0.39 is 0 Å². The Morgan fingerprint density at radius 3 is 2.95 bits per heavy atom. The first-order valence-corrected chi connectivity index (χ1v) is 7.37. The zero-order chi connectivity index (χ0) is 13.7. The van der Waals surface area contributed by atoms with Crippen molar-refractivity contribution < 1.29 is 4.92 Å². The summed E-state index contributed by atoms with van der Waals surface area (Å²) in [4.78, 5) is 14.7. The van der Waals surface area contributed by atoms with E-state index in [-0.39, 0.29) is 10.6 Å². The fourth-order valence-electron chi connectivity index (χ4n) is 1.93. The number of aromatic nitrogens is 1. The number of nitrogens with one attached hydrogen (secondary N) is 1. The molecule has 0 radical (unpaired) electrons. The summed E-state index contributed by atoms with van der Waals surface area (Å²) < 4.78 is 0. The van der Waals surface area contributed by atoms with Gasteiger partial charge in [-0.1, -0.05) is 0 Å². The minimum atomic E-state index is -0.361. The third kappa shape index (κ3) is 3.14. The molecule has 1 aromatic carbocycles. The van der Waals surface area contributed by atoms with Crippen molar-refractivity contribution in [1.82, 2.24) is 4.98 Å².